The fourth-order valence-electron chi connectivity index (χ4n) is 2.15. The smallest absolute Gasteiger partial charge is 0.264 e. The van der Waals surface area contributed by atoms with Gasteiger partial charge < -0.3 is 10.1 Å². The maximum Gasteiger partial charge on any atom is 0.264 e. The molecule has 0 unspecified atom stereocenters. The number of hydrogen-bond donors (Lipinski definition) is 1. The number of sulfonamides is 1. The van der Waals surface area contributed by atoms with Crippen LogP contribution in [0.25, 0.3) is 0 Å². The molecule has 0 atom stereocenters. The molecule has 6 nitrogen and oxygen atoms in total. The Morgan fingerprint density at radius 3 is 2.35 bits per heavy atom. The van der Waals surface area contributed by atoms with E-state index in [1.807, 2.05) is 6.92 Å². The van der Waals surface area contributed by atoms with Gasteiger partial charge in [-0.2, -0.15) is 0 Å². The van der Waals surface area contributed by atoms with Crippen LogP contribution in [-0.4, -0.2) is 34.5 Å². The zero-order valence-corrected chi connectivity index (χ0v) is 15.6. The summed E-state index contributed by atoms with van der Waals surface area (Å²) >= 11 is 0. The molecule has 0 radical (unpaired) electrons. The zero-order chi connectivity index (χ0) is 19.2. The van der Waals surface area contributed by atoms with Crippen molar-refractivity contribution < 1.29 is 17.9 Å². The van der Waals surface area contributed by atoms with E-state index in [-0.39, 0.29) is 17.4 Å². The Bertz CT molecular complexity index is 859. The molecule has 7 heteroatoms. The first-order valence-corrected chi connectivity index (χ1v) is 9.44. The summed E-state index contributed by atoms with van der Waals surface area (Å²) in [5.74, 6) is 0.219. The Hall–Kier alpha value is -2.80. The number of hydrogen-bond acceptors (Lipinski definition) is 4. The molecule has 26 heavy (non-hydrogen) atoms. The van der Waals surface area contributed by atoms with Crippen molar-refractivity contribution in [3.63, 3.8) is 0 Å². The molecule has 0 fully saturated rings. The quantitative estimate of drug-likeness (QED) is 0.721. The number of aryl methyl sites for hydroxylation is 1. The highest BCUT2D eigenvalue weighted by atomic mass is 32.2. The largest absolute Gasteiger partial charge is 0.484 e. The molecule has 0 saturated heterocycles. The number of anilines is 1. The summed E-state index contributed by atoms with van der Waals surface area (Å²) in [5, 5.41) is 2.60. The Morgan fingerprint density at radius 1 is 1.15 bits per heavy atom. The Kier molecular flexibility index (Phi) is 6.41. The number of carbonyl (C=O) groups excluding carboxylic acids is 1. The Balaban J connectivity index is 2.06. The number of rotatable bonds is 8. The number of nitrogens with zero attached hydrogens (tertiary/aromatic N) is 1. The average Bonchev–Trinajstić information content (AvgIpc) is 2.64. The van der Waals surface area contributed by atoms with Crippen LogP contribution in [0, 0.1) is 6.92 Å². The van der Waals surface area contributed by atoms with E-state index in [9.17, 15) is 13.2 Å². The molecule has 0 saturated carbocycles. The lowest BCUT2D eigenvalue weighted by Crippen LogP contribution is -2.28. The minimum Gasteiger partial charge on any atom is -0.484 e. The van der Waals surface area contributed by atoms with Gasteiger partial charge in [0.05, 0.1) is 10.6 Å². The molecule has 2 rings (SSSR count). The highest BCUT2D eigenvalue weighted by Gasteiger charge is 2.21. The van der Waals surface area contributed by atoms with Gasteiger partial charge in [0, 0.05) is 13.6 Å². The molecule has 0 bridgehead atoms. The fraction of sp³-hybridized carbons (Fsp3) is 0.211. The lowest BCUT2D eigenvalue weighted by atomic mass is 10.2. The number of nitrogens with one attached hydrogen (secondary N) is 1. The maximum absolute atomic E-state index is 12.7. The topological polar surface area (TPSA) is 75.7 Å². The average molecular weight is 374 g/mol. The van der Waals surface area contributed by atoms with Gasteiger partial charge in [0.2, 0.25) is 0 Å². The molecule has 1 N–H and O–H groups in total. The van der Waals surface area contributed by atoms with E-state index >= 15 is 0 Å². The normalized spacial score (nSPS) is 10.8. The van der Waals surface area contributed by atoms with Gasteiger partial charge in [-0.05, 0) is 43.3 Å². The third-order valence-electron chi connectivity index (χ3n) is 3.69. The minimum atomic E-state index is -3.64. The van der Waals surface area contributed by atoms with Crippen LogP contribution in [0.3, 0.4) is 0 Å². The number of amides is 1. The van der Waals surface area contributed by atoms with Crippen molar-refractivity contribution in [1.29, 1.82) is 0 Å². The van der Waals surface area contributed by atoms with Crippen LogP contribution in [0.4, 0.5) is 5.69 Å². The molecule has 1 amide bonds. The van der Waals surface area contributed by atoms with Crippen LogP contribution < -0.4 is 14.4 Å². The van der Waals surface area contributed by atoms with E-state index in [0.717, 1.165) is 5.56 Å². The molecule has 0 aliphatic carbocycles. The number of benzene rings is 2. The van der Waals surface area contributed by atoms with Gasteiger partial charge in [-0.3, -0.25) is 9.10 Å². The molecule has 2 aromatic rings. The van der Waals surface area contributed by atoms with E-state index in [4.69, 9.17) is 4.74 Å². The molecular formula is C19H22N2O4S. The zero-order valence-electron chi connectivity index (χ0n) is 14.8. The highest BCUT2D eigenvalue weighted by Crippen LogP contribution is 2.24. The number of carbonyl (C=O) groups is 1. The highest BCUT2D eigenvalue weighted by molar-refractivity contribution is 7.92. The lowest BCUT2D eigenvalue weighted by molar-refractivity contribution is -0.122. The van der Waals surface area contributed by atoms with Crippen LogP contribution in [-0.2, 0) is 14.8 Å². The molecule has 0 spiro atoms. The first kappa shape index (κ1) is 19.5. The van der Waals surface area contributed by atoms with E-state index in [0.29, 0.717) is 18.0 Å². The number of ether oxygens (including phenoxy) is 1. The molecule has 138 valence electrons. The van der Waals surface area contributed by atoms with E-state index in [1.165, 1.54) is 11.4 Å². The summed E-state index contributed by atoms with van der Waals surface area (Å²) in [7, 11) is -2.14. The summed E-state index contributed by atoms with van der Waals surface area (Å²) in [4.78, 5) is 11.7. The van der Waals surface area contributed by atoms with Gasteiger partial charge in [0.1, 0.15) is 5.75 Å². The van der Waals surface area contributed by atoms with E-state index < -0.39 is 10.0 Å². The van der Waals surface area contributed by atoms with Gasteiger partial charge in [-0.1, -0.05) is 23.8 Å². The van der Waals surface area contributed by atoms with E-state index in [1.54, 1.807) is 54.6 Å². The van der Waals surface area contributed by atoms with Gasteiger partial charge >= 0.3 is 0 Å². The molecule has 0 aromatic heterocycles. The van der Waals surface area contributed by atoms with Crippen molar-refractivity contribution in [1.82, 2.24) is 5.32 Å². The van der Waals surface area contributed by atoms with Crippen molar-refractivity contribution in [2.75, 3.05) is 24.5 Å². The Morgan fingerprint density at radius 2 is 1.77 bits per heavy atom. The van der Waals surface area contributed by atoms with Crippen LogP contribution in [0.5, 0.6) is 5.75 Å². The Labute approximate surface area is 154 Å². The van der Waals surface area contributed by atoms with Gasteiger partial charge in [-0.25, -0.2) is 8.42 Å². The predicted octanol–water partition coefficient (Wildman–Crippen LogP) is 2.50. The summed E-state index contributed by atoms with van der Waals surface area (Å²) < 4.78 is 31.9. The molecule has 0 aliphatic rings. The summed E-state index contributed by atoms with van der Waals surface area (Å²) in [6, 6.07) is 13.2. The van der Waals surface area contributed by atoms with Crippen molar-refractivity contribution in [3.05, 3.63) is 66.7 Å². The monoisotopic (exact) mass is 374 g/mol. The minimum absolute atomic E-state index is 0.120. The molecule has 2 aromatic carbocycles. The van der Waals surface area contributed by atoms with Crippen molar-refractivity contribution in [3.8, 4) is 5.75 Å². The third-order valence-corrected chi connectivity index (χ3v) is 5.49. The molecule has 0 heterocycles. The van der Waals surface area contributed by atoms with E-state index in [2.05, 4.69) is 11.9 Å². The fourth-order valence-corrected chi connectivity index (χ4v) is 3.34. The summed E-state index contributed by atoms with van der Waals surface area (Å²) in [6.45, 7) is 5.67. The standard InChI is InChI=1S/C19H22N2O4S/c1-4-13-20-19(22)14-25-17-9-7-16(8-10-17)21(3)26(23,24)18-11-5-15(2)6-12-18/h4-12H,1,13-14H2,2-3H3,(H,20,22). The first-order chi connectivity index (χ1) is 12.3. The third kappa shape index (κ3) is 4.86. The van der Waals surface area contributed by atoms with Crippen molar-refractivity contribution in [2.24, 2.45) is 0 Å². The van der Waals surface area contributed by atoms with Gasteiger partial charge in [0.15, 0.2) is 6.61 Å². The first-order valence-electron chi connectivity index (χ1n) is 8.00. The second kappa shape index (κ2) is 8.53. The van der Waals surface area contributed by atoms with Crippen molar-refractivity contribution >= 4 is 21.6 Å². The van der Waals surface area contributed by atoms with Gasteiger partial charge in [0.25, 0.3) is 15.9 Å². The van der Waals surface area contributed by atoms with Crippen LogP contribution in [0.2, 0.25) is 0 Å². The van der Waals surface area contributed by atoms with Crippen molar-refractivity contribution in [2.45, 2.75) is 11.8 Å². The van der Waals surface area contributed by atoms with Crippen LogP contribution >= 0.6 is 0 Å². The molecular weight excluding hydrogens is 352 g/mol. The second-order valence-corrected chi connectivity index (χ2v) is 7.63. The second-order valence-electron chi connectivity index (χ2n) is 5.66. The van der Waals surface area contributed by atoms with Crippen LogP contribution in [0.1, 0.15) is 5.56 Å². The molecule has 0 aliphatic heterocycles. The summed E-state index contributed by atoms with van der Waals surface area (Å²) in [5.41, 5.74) is 1.49. The lowest BCUT2D eigenvalue weighted by Gasteiger charge is -2.20. The summed E-state index contributed by atoms with van der Waals surface area (Å²) in [6.07, 6.45) is 1.58. The SMILES string of the molecule is C=CCNC(=O)COc1ccc(N(C)S(=O)(=O)c2ccc(C)cc2)cc1. The predicted molar refractivity (Wildman–Crippen MR) is 102 cm³/mol. The van der Waals surface area contributed by atoms with Crippen LogP contribution in [0.15, 0.2) is 66.1 Å². The van der Waals surface area contributed by atoms with Gasteiger partial charge in [-0.15, -0.1) is 6.58 Å². The maximum atomic E-state index is 12.7.